The van der Waals surface area contributed by atoms with Gasteiger partial charge in [0.2, 0.25) is 5.91 Å². The first kappa shape index (κ1) is 19.3. The molecule has 0 spiro atoms. The van der Waals surface area contributed by atoms with Gasteiger partial charge in [0, 0.05) is 36.5 Å². The summed E-state index contributed by atoms with van der Waals surface area (Å²) >= 11 is 0. The molecule has 1 unspecified atom stereocenters. The average molecular weight is 407 g/mol. The highest BCUT2D eigenvalue weighted by Crippen LogP contribution is 2.39. The fourth-order valence-electron chi connectivity index (χ4n) is 4.89. The summed E-state index contributed by atoms with van der Waals surface area (Å²) in [5.41, 5.74) is 4.83. The number of ether oxygens (including phenoxy) is 2. The summed E-state index contributed by atoms with van der Waals surface area (Å²) < 4.78 is 14.0. The number of hydrogen-bond donors (Lipinski definition) is 0. The van der Waals surface area contributed by atoms with Crippen LogP contribution < -0.4 is 9.47 Å². The fraction of sp³-hybridized carbons (Fsp3) is 0.480. The van der Waals surface area contributed by atoms with E-state index in [0.29, 0.717) is 19.3 Å². The predicted octanol–water partition coefficient (Wildman–Crippen LogP) is 4.98. The average Bonchev–Trinajstić information content (AvgIpc) is 3.43. The lowest BCUT2D eigenvalue weighted by Gasteiger charge is -2.24. The van der Waals surface area contributed by atoms with Crippen molar-refractivity contribution in [2.24, 2.45) is 0 Å². The van der Waals surface area contributed by atoms with E-state index in [2.05, 4.69) is 36.6 Å². The first-order valence-electron chi connectivity index (χ1n) is 11.2. The summed E-state index contributed by atoms with van der Waals surface area (Å²) in [6, 6.07) is 9.08. The van der Waals surface area contributed by atoms with E-state index in [9.17, 15) is 4.79 Å². The van der Waals surface area contributed by atoms with Crippen LogP contribution in [0.2, 0.25) is 0 Å². The van der Waals surface area contributed by atoms with Gasteiger partial charge in [0.25, 0.3) is 0 Å². The van der Waals surface area contributed by atoms with Crippen LogP contribution in [-0.2, 0) is 4.79 Å². The molecule has 30 heavy (non-hydrogen) atoms. The van der Waals surface area contributed by atoms with Gasteiger partial charge in [-0.2, -0.15) is 0 Å². The lowest BCUT2D eigenvalue weighted by molar-refractivity contribution is -0.126. The molecular formula is C25H30N2O3. The standard InChI is InChI=1S/C25H30N2O3/c1-17-15-19(18(2)27(17)21-8-9-21)7-11-25(28)26-12-3-5-22(26)20-6-10-23-24(16-20)30-14-4-13-29-23/h6-7,10-11,15-16,21-22H,3-5,8-9,12-14H2,1-2H3/b11-7+. The Kier molecular flexibility index (Phi) is 5.05. The molecular weight excluding hydrogens is 376 g/mol. The van der Waals surface area contributed by atoms with Crippen LogP contribution in [0.4, 0.5) is 0 Å². The molecule has 2 fully saturated rings. The van der Waals surface area contributed by atoms with Crippen LogP contribution in [0, 0.1) is 13.8 Å². The molecule has 1 aromatic carbocycles. The second-order valence-electron chi connectivity index (χ2n) is 8.71. The number of aromatic nitrogens is 1. The fourth-order valence-corrected chi connectivity index (χ4v) is 4.89. The minimum absolute atomic E-state index is 0.0841. The van der Waals surface area contributed by atoms with E-state index in [1.165, 1.54) is 24.2 Å². The zero-order chi connectivity index (χ0) is 20.7. The summed E-state index contributed by atoms with van der Waals surface area (Å²) in [4.78, 5) is 15.1. The summed E-state index contributed by atoms with van der Waals surface area (Å²) in [5, 5.41) is 0. The molecule has 1 saturated carbocycles. The van der Waals surface area contributed by atoms with Gasteiger partial charge in [-0.15, -0.1) is 0 Å². The molecule has 1 atom stereocenters. The minimum Gasteiger partial charge on any atom is -0.490 e. The Morgan fingerprint density at radius 3 is 2.63 bits per heavy atom. The highest BCUT2D eigenvalue weighted by atomic mass is 16.5. The van der Waals surface area contributed by atoms with Crippen molar-refractivity contribution in [1.29, 1.82) is 0 Å². The van der Waals surface area contributed by atoms with E-state index in [1.807, 2.05) is 17.0 Å². The third-order valence-corrected chi connectivity index (χ3v) is 6.53. The molecule has 1 amide bonds. The third kappa shape index (κ3) is 3.62. The van der Waals surface area contributed by atoms with E-state index in [1.54, 1.807) is 6.08 Å². The van der Waals surface area contributed by atoms with E-state index in [4.69, 9.17) is 9.47 Å². The normalized spacial score (nSPS) is 21.3. The SMILES string of the molecule is Cc1cc(/C=C/C(=O)N2CCCC2c2ccc3c(c2)OCCCO3)c(C)n1C1CC1. The summed E-state index contributed by atoms with van der Waals surface area (Å²) in [5.74, 6) is 1.69. The Labute approximate surface area is 178 Å². The molecule has 0 radical (unpaired) electrons. The Hall–Kier alpha value is -2.69. The van der Waals surface area contributed by atoms with E-state index in [-0.39, 0.29) is 11.9 Å². The van der Waals surface area contributed by atoms with Crippen LogP contribution in [0.3, 0.4) is 0 Å². The van der Waals surface area contributed by atoms with Crippen molar-refractivity contribution in [2.45, 2.75) is 58.0 Å². The largest absolute Gasteiger partial charge is 0.490 e. The molecule has 2 aliphatic heterocycles. The van der Waals surface area contributed by atoms with Crippen LogP contribution >= 0.6 is 0 Å². The third-order valence-electron chi connectivity index (χ3n) is 6.53. The molecule has 158 valence electrons. The molecule has 0 N–H and O–H groups in total. The van der Waals surface area contributed by atoms with Crippen LogP contribution in [0.5, 0.6) is 11.5 Å². The van der Waals surface area contributed by atoms with Crippen molar-refractivity contribution in [3.63, 3.8) is 0 Å². The van der Waals surface area contributed by atoms with Gasteiger partial charge in [-0.1, -0.05) is 6.07 Å². The Morgan fingerprint density at radius 2 is 1.83 bits per heavy atom. The molecule has 5 nitrogen and oxygen atoms in total. The second-order valence-corrected chi connectivity index (χ2v) is 8.71. The van der Waals surface area contributed by atoms with Gasteiger partial charge in [0.1, 0.15) is 0 Å². The lowest BCUT2D eigenvalue weighted by atomic mass is 10.0. The minimum atomic E-state index is 0.0841. The molecule has 1 saturated heterocycles. The number of rotatable bonds is 4. The Balaban J connectivity index is 1.34. The number of aryl methyl sites for hydroxylation is 1. The maximum atomic E-state index is 13.1. The van der Waals surface area contributed by atoms with Crippen molar-refractivity contribution in [3.8, 4) is 11.5 Å². The Bertz CT molecular complexity index is 987. The summed E-state index contributed by atoms with van der Waals surface area (Å²) in [6.07, 6.45) is 9.18. The van der Waals surface area contributed by atoms with Gasteiger partial charge in [-0.3, -0.25) is 4.79 Å². The van der Waals surface area contributed by atoms with Gasteiger partial charge >= 0.3 is 0 Å². The van der Waals surface area contributed by atoms with Crippen molar-refractivity contribution in [2.75, 3.05) is 19.8 Å². The number of carbonyl (C=O) groups is 1. The maximum Gasteiger partial charge on any atom is 0.247 e. The van der Waals surface area contributed by atoms with Crippen molar-refractivity contribution in [3.05, 3.63) is 52.9 Å². The quantitative estimate of drug-likeness (QED) is 0.673. The van der Waals surface area contributed by atoms with Gasteiger partial charge in [-0.05, 0) is 74.9 Å². The molecule has 5 rings (SSSR count). The number of likely N-dealkylation sites (tertiary alicyclic amines) is 1. The predicted molar refractivity (Wildman–Crippen MR) is 117 cm³/mol. The van der Waals surface area contributed by atoms with Crippen LogP contribution in [0.25, 0.3) is 6.08 Å². The first-order chi connectivity index (χ1) is 14.6. The van der Waals surface area contributed by atoms with Gasteiger partial charge in [0.05, 0.1) is 19.3 Å². The highest BCUT2D eigenvalue weighted by Gasteiger charge is 2.30. The monoisotopic (exact) mass is 406 g/mol. The van der Waals surface area contributed by atoms with Crippen molar-refractivity contribution in [1.82, 2.24) is 9.47 Å². The topological polar surface area (TPSA) is 43.7 Å². The number of fused-ring (bicyclic) bond motifs is 1. The second kappa shape index (κ2) is 7.86. The smallest absolute Gasteiger partial charge is 0.247 e. The van der Waals surface area contributed by atoms with Crippen molar-refractivity contribution >= 4 is 12.0 Å². The molecule has 2 aromatic rings. The maximum absolute atomic E-state index is 13.1. The number of benzene rings is 1. The summed E-state index contributed by atoms with van der Waals surface area (Å²) in [7, 11) is 0. The first-order valence-corrected chi connectivity index (χ1v) is 11.2. The van der Waals surface area contributed by atoms with Crippen LogP contribution in [0.15, 0.2) is 30.3 Å². The molecule has 3 aliphatic rings. The highest BCUT2D eigenvalue weighted by molar-refractivity contribution is 5.92. The zero-order valence-electron chi connectivity index (χ0n) is 17.9. The van der Waals surface area contributed by atoms with Gasteiger partial charge < -0.3 is 18.9 Å². The van der Waals surface area contributed by atoms with Crippen molar-refractivity contribution < 1.29 is 14.3 Å². The van der Waals surface area contributed by atoms with Gasteiger partial charge in [-0.25, -0.2) is 0 Å². The van der Waals surface area contributed by atoms with E-state index < -0.39 is 0 Å². The van der Waals surface area contributed by atoms with Crippen LogP contribution in [-0.4, -0.2) is 35.1 Å². The lowest BCUT2D eigenvalue weighted by Crippen LogP contribution is -2.28. The molecule has 1 aromatic heterocycles. The number of amides is 1. The number of nitrogens with zero attached hydrogens (tertiary/aromatic N) is 2. The van der Waals surface area contributed by atoms with Crippen LogP contribution in [0.1, 0.15) is 66.7 Å². The number of hydrogen-bond acceptors (Lipinski definition) is 3. The van der Waals surface area contributed by atoms with E-state index in [0.717, 1.165) is 48.4 Å². The number of carbonyl (C=O) groups excluding carboxylic acids is 1. The molecule has 1 aliphatic carbocycles. The van der Waals surface area contributed by atoms with E-state index >= 15 is 0 Å². The molecule has 3 heterocycles. The summed E-state index contributed by atoms with van der Waals surface area (Å²) in [6.45, 7) is 6.47. The molecule has 0 bridgehead atoms. The zero-order valence-corrected chi connectivity index (χ0v) is 17.9. The molecule has 5 heteroatoms. The Morgan fingerprint density at radius 1 is 1.03 bits per heavy atom. The van der Waals surface area contributed by atoms with Gasteiger partial charge in [0.15, 0.2) is 11.5 Å².